The lowest BCUT2D eigenvalue weighted by atomic mass is 10.1. The zero-order chi connectivity index (χ0) is 15.2. The summed E-state index contributed by atoms with van der Waals surface area (Å²) in [6, 6.07) is 7.05. The molecule has 1 fully saturated rings. The van der Waals surface area contributed by atoms with E-state index in [2.05, 4.69) is 5.32 Å². The normalized spacial score (nSPS) is 17.4. The first-order valence-corrected chi connectivity index (χ1v) is 6.91. The maximum absolute atomic E-state index is 12.2. The van der Waals surface area contributed by atoms with Crippen molar-refractivity contribution >= 4 is 12.0 Å². The van der Waals surface area contributed by atoms with Crippen LogP contribution in [0.3, 0.4) is 0 Å². The highest BCUT2D eigenvalue weighted by molar-refractivity contribution is 5.86. The summed E-state index contributed by atoms with van der Waals surface area (Å²) in [5.41, 5.74) is 0.899. The van der Waals surface area contributed by atoms with Crippen LogP contribution in [0.1, 0.15) is 18.4 Å². The number of carbonyl (C=O) groups excluding carboxylic acids is 2. The average Bonchev–Trinajstić information content (AvgIpc) is 3.01. The fraction of sp³-hybridized carbons (Fsp3) is 0.467. The minimum absolute atomic E-state index is 0.163. The highest BCUT2D eigenvalue weighted by Gasteiger charge is 2.34. The SMILES string of the molecule is COC(=O)N1CCCC1C(=O)NCc1ccccc1OC. The van der Waals surface area contributed by atoms with Gasteiger partial charge in [0, 0.05) is 18.7 Å². The Morgan fingerprint density at radius 3 is 2.81 bits per heavy atom. The van der Waals surface area contributed by atoms with Gasteiger partial charge in [-0.3, -0.25) is 9.69 Å². The van der Waals surface area contributed by atoms with Crippen LogP contribution < -0.4 is 10.1 Å². The number of likely N-dealkylation sites (tertiary alicyclic amines) is 1. The van der Waals surface area contributed by atoms with Crippen LogP contribution in [0.4, 0.5) is 4.79 Å². The monoisotopic (exact) mass is 292 g/mol. The van der Waals surface area contributed by atoms with Crippen molar-refractivity contribution in [3.63, 3.8) is 0 Å². The standard InChI is InChI=1S/C15H20N2O4/c1-20-13-8-4-3-6-11(13)10-16-14(18)12-7-5-9-17(12)15(19)21-2/h3-4,6,8,12H,5,7,9-10H2,1-2H3,(H,16,18). The summed E-state index contributed by atoms with van der Waals surface area (Å²) in [6.07, 6.45) is 1.01. The van der Waals surface area contributed by atoms with Gasteiger partial charge >= 0.3 is 6.09 Å². The third kappa shape index (κ3) is 3.45. The molecule has 2 amide bonds. The lowest BCUT2D eigenvalue weighted by molar-refractivity contribution is -0.125. The molecule has 114 valence electrons. The summed E-state index contributed by atoms with van der Waals surface area (Å²) in [5.74, 6) is 0.567. The van der Waals surface area contributed by atoms with E-state index in [1.165, 1.54) is 12.0 Å². The van der Waals surface area contributed by atoms with Crippen LogP contribution in [0.15, 0.2) is 24.3 Å². The summed E-state index contributed by atoms with van der Waals surface area (Å²) in [4.78, 5) is 25.3. The molecule has 0 radical (unpaired) electrons. The van der Waals surface area contributed by atoms with Crippen LogP contribution in [0.5, 0.6) is 5.75 Å². The molecular weight excluding hydrogens is 272 g/mol. The molecule has 0 aliphatic carbocycles. The first kappa shape index (κ1) is 15.2. The predicted octanol–water partition coefficient (Wildman–Crippen LogP) is 1.54. The van der Waals surface area contributed by atoms with Crippen molar-refractivity contribution in [2.24, 2.45) is 0 Å². The van der Waals surface area contributed by atoms with E-state index in [1.807, 2.05) is 24.3 Å². The van der Waals surface area contributed by atoms with E-state index in [1.54, 1.807) is 7.11 Å². The number of hydrogen-bond donors (Lipinski definition) is 1. The minimum atomic E-state index is -0.454. The molecule has 1 aliphatic rings. The Hall–Kier alpha value is -2.24. The zero-order valence-corrected chi connectivity index (χ0v) is 12.3. The average molecular weight is 292 g/mol. The molecular formula is C15H20N2O4. The van der Waals surface area contributed by atoms with E-state index in [9.17, 15) is 9.59 Å². The van der Waals surface area contributed by atoms with Gasteiger partial charge in [-0.2, -0.15) is 0 Å². The van der Waals surface area contributed by atoms with Crippen LogP contribution in [0.25, 0.3) is 0 Å². The highest BCUT2D eigenvalue weighted by atomic mass is 16.5. The van der Waals surface area contributed by atoms with Gasteiger partial charge in [0.1, 0.15) is 11.8 Å². The maximum Gasteiger partial charge on any atom is 0.410 e. The van der Waals surface area contributed by atoms with Gasteiger partial charge in [0.2, 0.25) is 5.91 Å². The van der Waals surface area contributed by atoms with E-state index >= 15 is 0 Å². The summed E-state index contributed by atoms with van der Waals surface area (Å²) in [5, 5.41) is 2.86. The van der Waals surface area contributed by atoms with Crippen molar-refractivity contribution in [1.82, 2.24) is 10.2 Å². The second-order valence-corrected chi connectivity index (χ2v) is 4.85. The molecule has 1 unspecified atom stereocenters. The van der Waals surface area contributed by atoms with Gasteiger partial charge in [-0.25, -0.2) is 4.79 Å². The lowest BCUT2D eigenvalue weighted by Crippen LogP contribution is -2.45. The number of nitrogens with one attached hydrogen (secondary N) is 1. The van der Waals surface area contributed by atoms with Gasteiger partial charge in [0.25, 0.3) is 0 Å². The summed E-state index contributed by atoms with van der Waals surface area (Å²) >= 11 is 0. The third-order valence-electron chi connectivity index (χ3n) is 3.61. The molecule has 0 saturated carbocycles. The quantitative estimate of drug-likeness (QED) is 0.914. The van der Waals surface area contributed by atoms with E-state index in [0.717, 1.165) is 17.7 Å². The molecule has 21 heavy (non-hydrogen) atoms. The first-order chi connectivity index (χ1) is 10.2. The topological polar surface area (TPSA) is 67.9 Å². The van der Waals surface area contributed by atoms with Crippen molar-refractivity contribution in [2.75, 3.05) is 20.8 Å². The molecule has 1 saturated heterocycles. The van der Waals surface area contributed by atoms with Crippen LogP contribution in [0, 0.1) is 0 Å². The van der Waals surface area contributed by atoms with E-state index < -0.39 is 12.1 Å². The zero-order valence-electron chi connectivity index (χ0n) is 12.3. The predicted molar refractivity (Wildman–Crippen MR) is 77.0 cm³/mol. The molecule has 1 aromatic rings. The molecule has 1 atom stereocenters. The number of benzene rings is 1. The van der Waals surface area contributed by atoms with Crippen molar-refractivity contribution in [3.05, 3.63) is 29.8 Å². The van der Waals surface area contributed by atoms with Crippen LogP contribution in [0.2, 0.25) is 0 Å². The van der Waals surface area contributed by atoms with E-state index in [0.29, 0.717) is 19.5 Å². The van der Waals surface area contributed by atoms with Gasteiger partial charge in [0.05, 0.1) is 14.2 Å². The third-order valence-corrected chi connectivity index (χ3v) is 3.61. The molecule has 1 aliphatic heterocycles. The molecule has 0 bridgehead atoms. The van der Waals surface area contributed by atoms with E-state index in [4.69, 9.17) is 9.47 Å². The molecule has 1 N–H and O–H groups in total. The number of carbonyl (C=O) groups is 2. The van der Waals surface area contributed by atoms with Crippen LogP contribution in [-0.2, 0) is 16.1 Å². The Bertz CT molecular complexity index is 518. The van der Waals surface area contributed by atoms with Crippen molar-refractivity contribution in [1.29, 1.82) is 0 Å². The molecule has 1 heterocycles. The summed E-state index contributed by atoms with van der Waals surface area (Å²) in [6.45, 7) is 0.924. The number of ether oxygens (including phenoxy) is 2. The van der Waals surface area contributed by atoms with E-state index in [-0.39, 0.29) is 5.91 Å². The Kier molecular flexibility index (Phi) is 5.03. The fourth-order valence-electron chi connectivity index (χ4n) is 2.52. The molecule has 0 aromatic heterocycles. The highest BCUT2D eigenvalue weighted by Crippen LogP contribution is 2.20. The minimum Gasteiger partial charge on any atom is -0.496 e. The van der Waals surface area contributed by atoms with Gasteiger partial charge in [-0.15, -0.1) is 0 Å². The fourth-order valence-corrected chi connectivity index (χ4v) is 2.52. The van der Waals surface area contributed by atoms with Gasteiger partial charge < -0.3 is 14.8 Å². The Morgan fingerprint density at radius 2 is 2.10 bits per heavy atom. The number of hydrogen-bond acceptors (Lipinski definition) is 4. The summed E-state index contributed by atoms with van der Waals surface area (Å²) in [7, 11) is 2.92. The Labute approximate surface area is 124 Å². The van der Waals surface area contributed by atoms with Crippen molar-refractivity contribution in [2.45, 2.75) is 25.4 Å². The molecule has 1 aromatic carbocycles. The number of rotatable bonds is 4. The molecule has 6 nitrogen and oxygen atoms in total. The second-order valence-electron chi connectivity index (χ2n) is 4.85. The maximum atomic E-state index is 12.2. The lowest BCUT2D eigenvalue weighted by Gasteiger charge is -2.22. The molecule has 6 heteroatoms. The molecule has 0 spiro atoms. The number of nitrogens with zero attached hydrogens (tertiary/aromatic N) is 1. The number of para-hydroxylation sites is 1. The van der Waals surface area contributed by atoms with Crippen LogP contribution >= 0.6 is 0 Å². The van der Waals surface area contributed by atoms with Gasteiger partial charge in [-0.05, 0) is 18.9 Å². The van der Waals surface area contributed by atoms with Crippen molar-refractivity contribution in [3.8, 4) is 5.75 Å². The smallest absolute Gasteiger partial charge is 0.410 e. The van der Waals surface area contributed by atoms with Gasteiger partial charge in [-0.1, -0.05) is 18.2 Å². The Morgan fingerprint density at radius 1 is 1.33 bits per heavy atom. The number of amides is 2. The van der Waals surface area contributed by atoms with Crippen molar-refractivity contribution < 1.29 is 19.1 Å². The second kappa shape index (κ2) is 6.97. The summed E-state index contributed by atoms with van der Waals surface area (Å²) < 4.78 is 9.94. The largest absolute Gasteiger partial charge is 0.496 e. The number of methoxy groups -OCH3 is 2. The molecule has 2 rings (SSSR count). The first-order valence-electron chi connectivity index (χ1n) is 6.91. The Balaban J connectivity index is 1.97. The van der Waals surface area contributed by atoms with Crippen LogP contribution in [-0.4, -0.2) is 43.7 Å². The van der Waals surface area contributed by atoms with Gasteiger partial charge in [0.15, 0.2) is 0 Å².